The smallest absolute Gasteiger partial charge is 0.254 e. The minimum atomic E-state index is -0.670. The molecular weight excluding hydrogens is 522 g/mol. The lowest BCUT2D eigenvalue weighted by atomic mass is 10.0. The number of methoxy groups -OCH3 is 1. The van der Waals surface area contributed by atoms with Crippen molar-refractivity contribution in [2.45, 2.75) is 25.8 Å². The summed E-state index contributed by atoms with van der Waals surface area (Å²) in [7, 11) is 1.58. The van der Waals surface area contributed by atoms with Crippen LogP contribution in [0.1, 0.15) is 34.8 Å². The number of aryl methyl sites for hydroxylation is 1. The van der Waals surface area contributed by atoms with Crippen molar-refractivity contribution in [1.82, 2.24) is 29.6 Å². The second-order valence-electron chi connectivity index (χ2n) is 9.65. The predicted octanol–water partition coefficient (Wildman–Crippen LogP) is 3.99. The van der Waals surface area contributed by atoms with Gasteiger partial charge in [-0.2, -0.15) is 10.1 Å². The SMILES string of the molecule is C=CC(=O)N1CCC(n2cc(Nc3ncc(C(N)=O)c(Nc4c(C)cc(-c5cccnc5)cc4OC)n3)cn2)CC1. The summed E-state index contributed by atoms with van der Waals surface area (Å²) in [4.78, 5) is 38.9. The van der Waals surface area contributed by atoms with Crippen LogP contribution >= 0.6 is 0 Å². The fourth-order valence-corrected chi connectivity index (χ4v) is 4.82. The van der Waals surface area contributed by atoms with Crippen LogP contribution in [0.3, 0.4) is 0 Å². The van der Waals surface area contributed by atoms with Crippen LogP contribution in [0, 0.1) is 6.92 Å². The summed E-state index contributed by atoms with van der Waals surface area (Å²) in [6, 6.07) is 7.90. The van der Waals surface area contributed by atoms with Crippen molar-refractivity contribution in [2.24, 2.45) is 5.73 Å². The average Bonchev–Trinajstić information content (AvgIpc) is 3.46. The molecule has 12 nitrogen and oxygen atoms in total. The van der Waals surface area contributed by atoms with E-state index in [2.05, 4.69) is 37.3 Å². The molecule has 0 aliphatic carbocycles. The molecule has 0 spiro atoms. The number of ether oxygens (including phenoxy) is 1. The van der Waals surface area contributed by atoms with Crippen LogP contribution in [0.4, 0.5) is 23.1 Å². The zero-order chi connectivity index (χ0) is 28.9. The first-order valence-electron chi connectivity index (χ1n) is 13.1. The van der Waals surface area contributed by atoms with Crippen molar-refractivity contribution in [1.29, 1.82) is 0 Å². The number of carbonyl (C=O) groups excluding carboxylic acids is 2. The number of benzene rings is 1. The number of likely N-dealkylation sites (tertiary alicyclic amines) is 1. The quantitative estimate of drug-likeness (QED) is 0.261. The fourth-order valence-electron chi connectivity index (χ4n) is 4.82. The molecule has 0 atom stereocenters. The molecule has 0 bridgehead atoms. The highest BCUT2D eigenvalue weighted by atomic mass is 16.5. The number of aromatic nitrogens is 5. The van der Waals surface area contributed by atoms with E-state index in [0.29, 0.717) is 30.2 Å². The maximum absolute atomic E-state index is 12.2. The van der Waals surface area contributed by atoms with Crippen molar-refractivity contribution < 1.29 is 14.3 Å². The van der Waals surface area contributed by atoms with Gasteiger partial charge in [-0.1, -0.05) is 12.6 Å². The molecule has 1 fully saturated rings. The number of piperidine rings is 1. The average molecular weight is 554 g/mol. The van der Waals surface area contributed by atoms with Crippen molar-refractivity contribution in [2.75, 3.05) is 30.8 Å². The van der Waals surface area contributed by atoms with Gasteiger partial charge in [-0.15, -0.1) is 0 Å². The van der Waals surface area contributed by atoms with Crippen LogP contribution in [0.5, 0.6) is 5.75 Å². The number of primary amides is 1. The zero-order valence-corrected chi connectivity index (χ0v) is 22.9. The monoisotopic (exact) mass is 553 g/mol. The fraction of sp³-hybridized carbons (Fsp3) is 0.241. The molecule has 4 N–H and O–H groups in total. The second kappa shape index (κ2) is 11.9. The molecule has 1 aliphatic heterocycles. The number of rotatable bonds is 9. The number of nitrogens with one attached hydrogen (secondary N) is 2. The highest BCUT2D eigenvalue weighted by molar-refractivity contribution is 5.98. The molecular formula is C29H31N9O3. The van der Waals surface area contributed by atoms with Gasteiger partial charge in [0.25, 0.3) is 5.91 Å². The topological polar surface area (TPSA) is 153 Å². The summed E-state index contributed by atoms with van der Waals surface area (Å²) in [5, 5.41) is 10.9. The Hall–Kier alpha value is -5.26. The molecule has 3 aromatic heterocycles. The van der Waals surface area contributed by atoms with E-state index in [-0.39, 0.29) is 29.3 Å². The van der Waals surface area contributed by atoms with E-state index in [9.17, 15) is 9.59 Å². The minimum absolute atomic E-state index is 0.0514. The molecule has 41 heavy (non-hydrogen) atoms. The first kappa shape index (κ1) is 27.3. The normalized spacial score (nSPS) is 13.5. The number of carbonyl (C=O) groups is 2. The first-order valence-corrected chi connectivity index (χ1v) is 13.1. The van der Waals surface area contributed by atoms with E-state index >= 15 is 0 Å². The Balaban J connectivity index is 1.36. The number of anilines is 4. The maximum Gasteiger partial charge on any atom is 0.254 e. The van der Waals surface area contributed by atoms with Gasteiger partial charge in [-0.3, -0.25) is 19.3 Å². The Morgan fingerprint density at radius 3 is 2.63 bits per heavy atom. The van der Waals surface area contributed by atoms with Gasteiger partial charge in [0.1, 0.15) is 17.1 Å². The number of hydrogen-bond donors (Lipinski definition) is 3. The van der Waals surface area contributed by atoms with Crippen LogP contribution in [-0.2, 0) is 4.79 Å². The van der Waals surface area contributed by atoms with E-state index in [1.165, 1.54) is 12.3 Å². The van der Waals surface area contributed by atoms with Gasteiger partial charge in [0.15, 0.2) is 0 Å². The van der Waals surface area contributed by atoms with Gasteiger partial charge in [0.2, 0.25) is 11.9 Å². The lowest BCUT2D eigenvalue weighted by Crippen LogP contribution is -2.38. The molecule has 1 aliphatic rings. The van der Waals surface area contributed by atoms with Crippen LogP contribution in [0.15, 0.2) is 67.9 Å². The Labute approximate surface area is 237 Å². The molecule has 4 heterocycles. The Bertz CT molecular complexity index is 1580. The van der Waals surface area contributed by atoms with Crippen LogP contribution in [0.25, 0.3) is 11.1 Å². The summed E-state index contributed by atoms with van der Waals surface area (Å²) in [5.74, 6) is 0.333. The highest BCUT2D eigenvalue weighted by Gasteiger charge is 2.23. The van der Waals surface area contributed by atoms with Crippen molar-refractivity contribution in [3.8, 4) is 16.9 Å². The van der Waals surface area contributed by atoms with Crippen molar-refractivity contribution in [3.63, 3.8) is 0 Å². The molecule has 2 amide bonds. The van der Waals surface area contributed by atoms with Gasteiger partial charge in [-0.25, -0.2) is 4.98 Å². The molecule has 1 saturated heterocycles. The summed E-state index contributed by atoms with van der Waals surface area (Å²) in [6.07, 6.45) is 11.4. The largest absolute Gasteiger partial charge is 0.495 e. The van der Waals surface area contributed by atoms with Crippen molar-refractivity contribution >= 4 is 35.0 Å². The second-order valence-corrected chi connectivity index (χ2v) is 9.65. The van der Waals surface area contributed by atoms with E-state index < -0.39 is 5.91 Å². The Morgan fingerprint density at radius 1 is 1.15 bits per heavy atom. The number of hydrogen-bond acceptors (Lipinski definition) is 9. The van der Waals surface area contributed by atoms with Gasteiger partial charge >= 0.3 is 0 Å². The molecule has 0 radical (unpaired) electrons. The van der Waals surface area contributed by atoms with Gasteiger partial charge in [-0.05, 0) is 55.2 Å². The van der Waals surface area contributed by atoms with Crippen molar-refractivity contribution in [3.05, 3.63) is 79.0 Å². The number of nitrogens with zero attached hydrogens (tertiary/aromatic N) is 6. The van der Waals surface area contributed by atoms with Crippen LogP contribution in [-0.4, -0.2) is 61.6 Å². The molecule has 4 aromatic rings. The minimum Gasteiger partial charge on any atom is -0.495 e. The van der Waals surface area contributed by atoms with Gasteiger partial charge in [0, 0.05) is 43.4 Å². The summed E-state index contributed by atoms with van der Waals surface area (Å²) in [6.45, 7) is 6.79. The number of amides is 2. The predicted molar refractivity (Wildman–Crippen MR) is 155 cm³/mol. The third-order valence-corrected chi connectivity index (χ3v) is 6.99. The Kier molecular flexibility index (Phi) is 7.90. The molecule has 5 rings (SSSR count). The van der Waals surface area contributed by atoms with E-state index in [1.807, 2.05) is 42.1 Å². The van der Waals surface area contributed by atoms with E-state index in [0.717, 1.165) is 29.5 Å². The lowest BCUT2D eigenvalue weighted by Gasteiger charge is -2.31. The maximum atomic E-state index is 12.2. The molecule has 12 heteroatoms. The number of pyridine rings is 1. The molecule has 1 aromatic carbocycles. The van der Waals surface area contributed by atoms with Gasteiger partial charge in [0.05, 0.1) is 30.7 Å². The molecule has 210 valence electrons. The van der Waals surface area contributed by atoms with Gasteiger partial charge < -0.3 is 26.0 Å². The first-order chi connectivity index (χ1) is 19.9. The standard InChI is InChI=1S/C29H31N9O3/c1-4-25(39)37-10-7-22(8-11-37)38-17-21(15-33-38)34-29-32-16-23(27(30)40)28(36-29)35-26-18(2)12-20(13-24(26)41-3)19-6-5-9-31-14-19/h4-6,9,12-17,22H,1,7-8,10-11H2,2-3H3,(H2,30,40)(H2,32,34,35,36). The molecule has 0 saturated carbocycles. The summed E-state index contributed by atoms with van der Waals surface area (Å²) in [5.41, 5.74) is 9.85. The highest BCUT2D eigenvalue weighted by Crippen LogP contribution is 2.36. The summed E-state index contributed by atoms with van der Waals surface area (Å²) < 4.78 is 7.56. The van der Waals surface area contributed by atoms with Crippen LogP contribution in [0.2, 0.25) is 0 Å². The lowest BCUT2D eigenvalue weighted by molar-refractivity contribution is -0.127. The number of nitrogens with two attached hydrogens (primary N) is 1. The van der Waals surface area contributed by atoms with Crippen LogP contribution < -0.4 is 21.1 Å². The van der Waals surface area contributed by atoms with E-state index in [1.54, 1.807) is 30.6 Å². The molecule has 0 unspecified atom stereocenters. The zero-order valence-electron chi connectivity index (χ0n) is 22.9. The van der Waals surface area contributed by atoms with E-state index in [4.69, 9.17) is 10.5 Å². The summed E-state index contributed by atoms with van der Waals surface area (Å²) >= 11 is 0. The Morgan fingerprint density at radius 2 is 1.95 bits per heavy atom. The third-order valence-electron chi connectivity index (χ3n) is 6.99. The third kappa shape index (κ3) is 6.01.